The molecule has 1 N–H and O–H groups in total. The molecule has 0 aliphatic carbocycles. The van der Waals surface area contributed by atoms with Crippen LogP contribution >= 0.6 is 15.9 Å². The molecule has 0 radical (unpaired) electrons. The van der Waals surface area contributed by atoms with Gasteiger partial charge >= 0.3 is 5.97 Å². The van der Waals surface area contributed by atoms with Crippen LogP contribution in [-0.2, 0) is 16.6 Å². The SMILES string of the molecule is CN(C)CCN(Cc1ccccc1)S(=O)(=O)c1cc(C(=O)O)oc1Br. The van der Waals surface area contributed by atoms with Gasteiger partial charge in [-0.1, -0.05) is 30.3 Å². The molecule has 136 valence electrons. The van der Waals surface area contributed by atoms with Crippen LogP contribution < -0.4 is 0 Å². The Morgan fingerprint density at radius 2 is 1.84 bits per heavy atom. The second-order valence-corrected chi connectivity index (χ2v) is 8.31. The van der Waals surface area contributed by atoms with E-state index >= 15 is 0 Å². The minimum absolute atomic E-state index is 0.118. The van der Waals surface area contributed by atoms with E-state index in [2.05, 4.69) is 15.9 Å². The summed E-state index contributed by atoms with van der Waals surface area (Å²) in [4.78, 5) is 12.7. The molecule has 0 amide bonds. The lowest BCUT2D eigenvalue weighted by atomic mass is 10.2. The van der Waals surface area contributed by atoms with Crippen molar-refractivity contribution in [1.82, 2.24) is 9.21 Å². The maximum Gasteiger partial charge on any atom is 0.371 e. The highest BCUT2D eigenvalue weighted by atomic mass is 79.9. The number of furan rings is 1. The summed E-state index contributed by atoms with van der Waals surface area (Å²) in [5, 5.41) is 9.01. The summed E-state index contributed by atoms with van der Waals surface area (Å²) in [5.41, 5.74) is 0.836. The van der Waals surface area contributed by atoms with Crippen molar-refractivity contribution in [2.45, 2.75) is 11.4 Å². The molecule has 1 aromatic heterocycles. The standard InChI is InChI=1S/C16H19BrN2O5S/c1-18(2)8-9-19(11-12-6-4-3-5-7-12)25(22,23)14-10-13(16(20)21)24-15(14)17/h3-7,10H,8-9,11H2,1-2H3,(H,20,21). The van der Waals surface area contributed by atoms with Crippen molar-refractivity contribution < 1.29 is 22.7 Å². The van der Waals surface area contributed by atoms with E-state index in [1.165, 1.54) is 4.31 Å². The first kappa shape index (κ1) is 19.6. The van der Waals surface area contributed by atoms with Crippen LogP contribution in [0.2, 0.25) is 0 Å². The van der Waals surface area contributed by atoms with Crippen LogP contribution in [0, 0.1) is 0 Å². The molecule has 0 spiro atoms. The maximum atomic E-state index is 13.0. The van der Waals surface area contributed by atoms with E-state index < -0.39 is 21.8 Å². The first-order valence-electron chi connectivity index (χ1n) is 7.43. The number of carbonyl (C=O) groups is 1. The zero-order valence-corrected chi connectivity index (χ0v) is 16.2. The summed E-state index contributed by atoms with van der Waals surface area (Å²) in [7, 11) is -0.234. The van der Waals surface area contributed by atoms with Crippen LogP contribution in [0.1, 0.15) is 16.1 Å². The van der Waals surface area contributed by atoms with E-state index in [1.807, 2.05) is 49.3 Å². The summed E-state index contributed by atoms with van der Waals surface area (Å²) >= 11 is 3.01. The lowest BCUT2D eigenvalue weighted by Crippen LogP contribution is -2.36. The zero-order chi connectivity index (χ0) is 18.6. The predicted molar refractivity (Wildman–Crippen MR) is 96.0 cm³/mol. The Morgan fingerprint density at radius 3 is 2.36 bits per heavy atom. The Bertz CT molecular complexity index is 833. The summed E-state index contributed by atoms with van der Waals surface area (Å²) in [6.45, 7) is 0.953. The molecule has 0 aliphatic heterocycles. The minimum atomic E-state index is -3.94. The van der Waals surface area contributed by atoms with Crippen molar-refractivity contribution >= 4 is 31.9 Å². The van der Waals surface area contributed by atoms with Gasteiger partial charge in [0, 0.05) is 25.7 Å². The first-order chi connectivity index (χ1) is 11.7. The molecular formula is C16H19BrN2O5S. The van der Waals surface area contributed by atoms with Crippen molar-refractivity contribution in [3.63, 3.8) is 0 Å². The monoisotopic (exact) mass is 430 g/mol. The van der Waals surface area contributed by atoms with Gasteiger partial charge in [-0.25, -0.2) is 13.2 Å². The van der Waals surface area contributed by atoms with Crippen LogP contribution in [0.3, 0.4) is 0 Å². The molecule has 0 saturated heterocycles. The number of rotatable bonds is 8. The van der Waals surface area contributed by atoms with E-state index in [9.17, 15) is 13.2 Å². The molecule has 1 aromatic carbocycles. The van der Waals surface area contributed by atoms with E-state index in [0.29, 0.717) is 6.54 Å². The van der Waals surface area contributed by atoms with Gasteiger partial charge in [-0.2, -0.15) is 4.31 Å². The van der Waals surface area contributed by atoms with Gasteiger partial charge in [0.1, 0.15) is 4.90 Å². The Kier molecular flexibility index (Phi) is 6.39. The Hall–Kier alpha value is -1.68. The van der Waals surface area contributed by atoms with Gasteiger partial charge in [-0.3, -0.25) is 0 Å². The number of aromatic carboxylic acids is 1. The number of benzene rings is 1. The molecule has 1 heterocycles. The van der Waals surface area contributed by atoms with E-state index in [4.69, 9.17) is 9.52 Å². The van der Waals surface area contributed by atoms with Crippen LogP contribution in [0.15, 0.2) is 50.4 Å². The van der Waals surface area contributed by atoms with Crippen molar-refractivity contribution in [1.29, 1.82) is 0 Å². The third-order valence-corrected chi connectivity index (χ3v) is 6.18. The van der Waals surface area contributed by atoms with Gasteiger partial charge in [0.15, 0.2) is 4.67 Å². The molecule has 0 fully saturated rings. The molecule has 0 unspecified atom stereocenters. The average molecular weight is 431 g/mol. The predicted octanol–water partition coefficient (Wildman–Crippen LogP) is 2.49. The number of halogens is 1. The number of sulfonamides is 1. The molecular weight excluding hydrogens is 412 g/mol. The molecule has 9 heteroatoms. The van der Waals surface area contributed by atoms with E-state index in [1.54, 1.807) is 0 Å². The molecule has 25 heavy (non-hydrogen) atoms. The van der Waals surface area contributed by atoms with Crippen molar-refractivity contribution in [2.75, 3.05) is 27.2 Å². The number of nitrogens with zero attached hydrogens (tertiary/aromatic N) is 2. The van der Waals surface area contributed by atoms with Crippen LogP contribution in [0.4, 0.5) is 0 Å². The van der Waals surface area contributed by atoms with Crippen molar-refractivity contribution in [3.8, 4) is 0 Å². The highest BCUT2D eigenvalue weighted by molar-refractivity contribution is 9.10. The van der Waals surface area contributed by atoms with Crippen LogP contribution in [-0.4, -0.2) is 55.9 Å². The topological polar surface area (TPSA) is 91.1 Å². The normalized spacial score (nSPS) is 12.0. The van der Waals surface area contributed by atoms with Gasteiger partial charge in [0.05, 0.1) is 0 Å². The highest BCUT2D eigenvalue weighted by Crippen LogP contribution is 2.29. The molecule has 7 nitrogen and oxygen atoms in total. The summed E-state index contributed by atoms with van der Waals surface area (Å²) in [5.74, 6) is -1.76. The van der Waals surface area contributed by atoms with Crippen LogP contribution in [0.25, 0.3) is 0 Å². The van der Waals surface area contributed by atoms with Gasteiger partial charge in [0.25, 0.3) is 0 Å². The summed E-state index contributed by atoms with van der Waals surface area (Å²) in [6, 6.07) is 10.2. The number of hydrogen-bond acceptors (Lipinski definition) is 5. The smallest absolute Gasteiger partial charge is 0.371 e. The second kappa shape index (κ2) is 8.13. The molecule has 0 saturated carbocycles. The number of carboxylic acid groups (broad SMARTS) is 1. The lowest BCUT2D eigenvalue weighted by Gasteiger charge is -2.23. The minimum Gasteiger partial charge on any atom is -0.475 e. The Morgan fingerprint density at radius 1 is 1.20 bits per heavy atom. The maximum absolute atomic E-state index is 13.0. The quantitative estimate of drug-likeness (QED) is 0.691. The number of likely N-dealkylation sites (N-methyl/N-ethyl adjacent to an activating group) is 1. The van der Waals surface area contributed by atoms with Crippen molar-refractivity contribution in [3.05, 3.63) is 52.4 Å². The molecule has 0 atom stereocenters. The Labute approximate surface area is 155 Å². The summed E-state index contributed by atoms with van der Waals surface area (Å²) < 4.78 is 32.2. The lowest BCUT2D eigenvalue weighted by molar-refractivity contribution is 0.0661. The van der Waals surface area contributed by atoms with Gasteiger partial charge in [-0.05, 0) is 35.6 Å². The molecule has 0 bridgehead atoms. The fourth-order valence-electron chi connectivity index (χ4n) is 2.16. The third-order valence-electron chi connectivity index (χ3n) is 3.48. The highest BCUT2D eigenvalue weighted by Gasteiger charge is 2.31. The van der Waals surface area contributed by atoms with E-state index in [-0.39, 0.29) is 22.7 Å². The van der Waals surface area contributed by atoms with Crippen molar-refractivity contribution in [2.24, 2.45) is 0 Å². The third kappa shape index (κ3) is 4.91. The zero-order valence-electron chi connectivity index (χ0n) is 13.8. The molecule has 2 rings (SSSR count). The van der Waals surface area contributed by atoms with E-state index in [0.717, 1.165) is 11.6 Å². The number of hydrogen-bond donors (Lipinski definition) is 1. The fraction of sp³-hybridized carbons (Fsp3) is 0.312. The van der Waals surface area contributed by atoms with Gasteiger partial charge in [-0.15, -0.1) is 0 Å². The fourth-order valence-corrected chi connectivity index (χ4v) is 4.48. The van der Waals surface area contributed by atoms with Gasteiger partial charge in [0.2, 0.25) is 15.8 Å². The number of carboxylic acids is 1. The first-order valence-corrected chi connectivity index (χ1v) is 9.66. The molecule has 0 aliphatic rings. The van der Waals surface area contributed by atoms with Gasteiger partial charge < -0.3 is 14.4 Å². The largest absolute Gasteiger partial charge is 0.475 e. The van der Waals surface area contributed by atoms with Crippen LogP contribution in [0.5, 0.6) is 0 Å². The summed E-state index contributed by atoms with van der Waals surface area (Å²) in [6.07, 6.45) is 0. The molecule has 2 aromatic rings. The second-order valence-electron chi connectivity index (χ2n) is 5.68. The Balaban J connectivity index is 2.38. The average Bonchev–Trinajstić information content (AvgIpc) is 2.95.